The third kappa shape index (κ3) is 3.72. The summed E-state index contributed by atoms with van der Waals surface area (Å²) in [5.41, 5.74) is -4.11. The van der Waals surface area contributed by atoms with Gasteiger partial charge in [-0.1, -0.05) is 23.2 Å². The Balaban J connectivity index is 2.75. The normalized spacial score (nSPS) is 12.6. The molecule has 1 radical (unpaired) electrons. The summed E-state index contributed by atoms with van der Waals surface area (Å²) < 4.78 is 90.4. The van der Waals surface area contributed by atoms with E-state index in [0.29, 0.717) is 12.1 Å². The summed E-state index contributed by atoms with van der Waals surface area (Å²) in [5, 5.41) is -1.17. The Morgan fingerprint density at radius 3 is 1.74 bits per heavy atom. The molecule has 0 unspecified atom stereocenters. The van der Waals surface area contributed by atoms with Gasteiger partial charge in [0.15, 0.2) is 5.82 Å². The Bertz CT molecular complexity index is 716. The monoisotopic (exact) mass is 375 g/mol. The molecule has 0 bridgehead atoms. The fourth-order valence-corrected chi connectivity index (χ4v) is 2.25. The molecule has 0 aliphatic heterocycles. The Kier molecular flexibility index (Phi) is 4.56. The van der Waals surface area contributed by atoms with Crippen LogP contribution in [0.1, 0.15) is 11.1 Å². The van der Waals surface area contributed by atoms with Gasteiger partial charge in [-0.15, -0.1) is 0 Å². The third-order valence-corrected chi connectivity index (χ3v) is 3.47. The highest BCUT2D eigenvalue weighted by molar-refractivity contribution is 6.36. The summed E-state index contributed by atoms with van der Waals surface area (Å²) in [4.78, 5) is 0. The molecule has 2 aromatic rings. The van der Waals surface area contributed by atoms with Crippen LogP contribution in [0.3, 0.4) is 0 Å². The second-order valence-electron chi connectivity index (χ2n) is 4.43. The largest absolute Gasteiger partial charge is 0.416 e. The first-order valence-electron chi connectivity index (χ1n) is 5.76. The Morgan fingerprint density at radius 2 is 1.30 bits per heavy atom. The van der Waals surface area contributed by atoms with E-state index >= 15 is 0 Å². The lowest BCUT2D eigenvalue weighted by molar-refractivity contribution is -0.143. The Hall–Kier alpha value is -1.47. The van der Waals surface area contributed by atoms with Crippen LogP contribution in [0.2, 0.25) is 10.0 Å². The van der Waals surface area contributed by atoms with Crippen molar-refractivity contribution >= 4 is 23.2 Å². The first-order valence-corrected chi connectivity index (χ1v) is 6.52. The zero-order valence-corrected chi connectivity index (χ0v) is 12.2. The van der Waals surface area contributed by atoms with E-state index in [1.54, 1.807) is 0 Å². The number of benzene rings is 2. The summed E-state index contributed by atoms with van der Waals surface area (Å²) in [5.74, 6) is -1.16. The first kappa shape index (κ1) is 17.9. The van der Waals surface area contributed by atoms with Gasteiger partial charge in [0.2, 0.25) is 0 Å². The van der Waals surface area contributed by atoms with E-state index in [2.05, 4.69) is 6.07 Å². The van der Waals surface area contributed by atoms with Crippen LogP contribution in [0, 0.1) is 11.9 Å². The van der Waals surface area contributed by atoms with Gasteiger partial charge in [-0.2, -0.15) is 26.3 Å². The quantitative estimate of drug-likeness (QED) is 0.387. The van der Waals surface area contributed by atoms with Crippen LogP contribution >= 0.6 is 23.2 Å². The molecule has 0 saturated carbocycles. The average molecular weight is 376 g/mol. The minimum Gasteiger partial charge on any atom is -0.204 e. The summed E-state index contributed by atoms with van der Waals surface area (Å²) in [6.07, 6.45) is -10.0. The van der Waals surface area contributed by atoms with Crippen molar-refractivity contribution in [3.63, 3.8) is 0 Å². The lowest BCUT2D eigenvalue weighted by Crippen LogP contribution is -2.11. The van der Waals surface area contributed by atoms with Crippen LogP contribution in [0.25, 0.3) is 11.1 Å². The second kappa shape index (κ2) is 5.87. The number of alkyl halides is 6. The van der Waals surface area contributed by atoms with Crippen molar-refractivity contribution in [3.8, 4) is 11.1 Å². The molecule has 0 fully saturated rings. The summed E-state index contributed by atoms with van der Waals surface area (Å²) in [6.45, 7) is 0. The van der Waals surface area contributed by atoms with Gasteiger partial charge in [-0.3, -0.25) is 0 Å². The molecule has 0 spiro atoms. The fraction of sp³-hybridized carbons (Fsp3) is 0.143. The summed E-state index contributed by atoms with van der Waals surface area (Å²) in [6, 6.07) is 3.97. The van der Waals surface area contributed by atoms with Crippen LogP contribution in [-0.4, -0.2) is 0 Å². The zero-order chi connectivity index (χ0) is 17.6. The smallest absolute Gasteiger partial charge is 0.204 e. The second-order valence-corrected chi connectivity index (χ2v) is 5.22. The fourth-order valence-electron chi connectivity index (χ4n) is 1.79. The average Bonchev–Trinajstić information content (AvgIpc) is 2.42. The van der Waals surface area contributed by atoms with E-state index in [1.165, 1.54) is 0 Å². The molecule has 2 rings (SSSR count). The van der Waals surface area contributed by atoms with Gasteiger partial charge in [0, 0.05) is 5.56 Å². The van der Waals surface area contributed by atoms with Crippen molar-refractivity contribution in [2.75, 3.05) is 0 Å². The predicted molar refractivity (Wildman–Crippen MR) is 70.7 cm³/mol. The van der Waals surface area contributed by atoms with E-state index in [-0.39, 0.29) is 6.07 Å². The number of hydrogen-bond donors (Lipinski definition) is 0. The molecule has 0 N–H and O–H groups in total. The maximum absolute atomic E-state index is 13.6. The Morgan fingerprint density at radius 1 is 0.826 bits per heavy atom. The van der Waals surface area contributed by atoms with E-state index in [4.69, 9.17) is 23.2 Å². The lowest BCUT2D eigenvalue weighted by atomic mass is 9.99. The highest BCUT2D eigenvalue weighted by Gasteiger charge is 2.37. The highest BCUT2D eigenvalue weighted by Crippen LogP contribution is 2.40. The number of hydrogen-bond acceptors (Lipinski definition) is 0. The van der Waals surface area contributed by atoms with Crippen molar-refractivity contribution in [2.24, 2.45) is 0 Å². The van der Waals surface area contributed by atoms with Gasteiger partial charge in [-0.25, -0.2) is 4.39 Å². The molecule has 0 aliphatic carbocycles. The molecule has 0 nitrogen and oxygen atoms in total. The minimum atomic E-state index is -5.02. The van der Waals surface area contributed by atoms with Gasteiger partial charge < -0.3 is 0 Å². The van der Waals surface area contributed by atoms with Crippen LogP contribution in [0.15, 0.2) is 24.3 Å². The van der Waals surface area contributed by atoms with Crippen LogP contribution in [-0.2, 0) is 12.4 Å². The molecule has 9 heteroatoms. The third-order valence-electron chi connectivity index (χ3n) is 2.84. The highest BCUT2D eigenvalue weighted by atomic mass is 35.5. The number of halogens is 9. The van der Waals surface area contributed by atoms with E-state index in [9.17, 15) is 30.7 Å². The van der Waals surface area contributed by atoms with Crippen molar-refractivity contribution in [2.45, 2.75) is 12.4 Å². The van der Waals surface area contributed by atoms with Crippen molar-refractivity contribution in [1.82, 2.24) is 0 Å². The SMILES string of the molecule is Fc1c(Cl)c[c]c(-c2cc(C(F)(F)F)cc(C(F)(F)F)c2)c1Cl. The topological polar surface area (TPSA) is 0 Å². The van der Waals surface area contributed by atoms with Gasteiger partial charge in [0.25, 0.3) is 0 Å². The molecular weight excluding hydrogens is 372 g/mol. The van der Waals surface area contributed by atoms with E-state index < -0.39 is 50.5 Å². The summed E-state index contributed by atoms with van der Waals surface area (Å²) >= 11 is 11.0. The van der Waals surface area contributed by atoms with Gasteiger partial charge in [0.05, 0.1) is 21.2 Å². The minimum absolute atomic E-state index is 0.0380. The van der Waals surface area contributed by atoms with E-state index in [0.717, 1.165) is 6.07 Å². The van der Waals surface area contributed by atoms with Crippen LogP contribution < -0.4 is 0 Å². The van der Waals surface area contributed by atoms with Crippen molar-refractivity contribution in [1.29, 1.82) is 0 Å². The van der Waals surface area contributed by atoms with Crippen molar-refractivity contribution < 1.29 is 30.7 Å². The maximum atomic E-state index is 13.6. The zero-order valence-electron chi connectivity index (χ0n) is 10.7. The Labute approximate surface area is 135 Å². The predicted octanol–water partition coefficient (Wildman–Crippen LogP) is 6.64. The molecule has 0 aliphatic rings. The maximum Gasteiger partial charge on any atom is 0.416 e. The van der Waals surface area contributed by atoms with E-state index in [1.807, 2.05) is 0 Å². The molecule has 123 valence electrons. The first-order chi connectivity index (χ1) is 10.4. The molecule has 0 atom stereocenters. The van der Waals surface area contributed by atoms with Gasteiger partial charge in [0.1, 0.15) is 0 Å². The molecule has 2 aromatic carbocycles. The molecule has 0 saturated heterocycles. The van der Waals surface area contributed by atoms with Crippen LogP contribution in [0.4, 0.5) is 30.7 Å². The number of rotatable bonds is 1. The lowest BCUT2D eigenvalue weighted by Gasteiger charge is -2.15. The van der Waals surface area contributed by atoms with Crippen LogP contribution in [0.5, 0.6) is 0 Å². The summed E-state index contributed by atoms with van der Waals surface area (Å²) in [7, 11) is 0. The standard InChI is InChI=1S/C14H4Cl2F7/c15-10-2-1-9(11(16)12(10)17)6-3-7(13(18,19)20)5-8(4-6)14(21,22)23/h2-5H. The molecule has 23 heavy (non-hydrogen) atoms. The van der Waals surface area contributed by atoms with Gasteiger partial charge in [-0.05, 0) is 35.9 Å². The van der Waals surface area contributed by atoms with Crippen molar-refractivity contribution in [3.05, 3.63) is 57.3 Å². The molecule has 0 heterocycles. The molecular formula is C14H4Cl2F7. The molecule has 0 aromatic heterocycles. The van der Waals surface area contributed by atoms with Gasteiger partial charge >= 0.3 is 12.4 Å². The molecule has 0 amide bonds.